The quantitative estimate of drug-likeness (QED) is 0.638. The second kappa shape index (κ2) is 8.18. The number of hydrogen-bond acceptors (Lipinski definition) is 5. The number of aromatic nitrogens is 1. The number of nitrogens with zero attached hydrogens (tertiary/aromatic N) is 1. The summed E-state index contributed by atoms with van der Waals surface area (Å²) in [5, 5.41) is 6.67. The topological polar surface area (TPSA) is 63.2 Å². The number of nitrogens with one attached hydrogen (secondary N) is 2. The first-order valence-electron chi connectivity index (χ1n) is 8.41. The molecule has 0 bridgehead atoms. The molecule has 0 fully saturated rings. The van der Waals surface area contributed by atoms with Crippen molar-refractivity contribution >= 4 is 28.1 Å². The van der Waals surface area contributed by atoms with Crippen molar-refractivity contribution in [3.63, 3.8) is 0 Å². The van der Waals surface area contributed by atoms with E-state index in [0.717, 1.165) is 11.3 Å². The van der Waals surface area contributed by atoms with Gasteiger partial charge in [0.1, 0.15) is 16.4 Å². The summed E-state index contributed by atoms with van der Waals surface area (Å²) in [6.45, 7) is 3.72. The molecule has 0 aliphatic carbocycles. The number of carbonyl (C=O) groups is 1. The smallest absolute Gasteiger partial charge is 0.263 e. The van der Waals surface area contributed by atoms with Gasteiger partial charge in [-0.15, -0.1) is 0 Å². The van der Waals surface area contributed by atoms with Crippen LogP contribution in [0, 0.1) is 12.7 Å². The summed E-state index contributed by atoms with van der Waals surface area (Å²) in [4.78, 5) is 17.6. The van der Waals surface area contributed by atoms with Crippen molar-refractivity contribution in [1.29, 1.82) is 0 Å². The lowest BCUT2D eigenvalue weighted by molar-refractivity contribution is 0.0943. The molecular formula is C20H20FN3O2S. The third kappa shape index (κ3) is 4.62. The fourth-order valence-corrected chi connectivity index (χ4v) is 3.45. The van der Waals surface area contributed by atoms with Crippen molar-refractivity contribution in [3.8, 4) is 5.75 Å². The largest absolute Gasteiger partial charge is 0.497 e. The molecule has 0 aliphatic heterocycles. The zero-order valence-electron chi connectivity index (χ0n) is 15.2. The molecule has 1 amide bonds. The number of ether oxygens (including phenoxy) is 1. The van der Waals surface area contributed by atoms with E-state index in [0.29, 0.717) is 21.4 Å². The first-order valence-corrected chi connectivity index (χ1v) is 9.22. The van der Waals surface area contributed by atoms with Crippen molar-refractivity contribution < 1.29 is 13.9 Å². The second-order valence-corrected chi connectivity index (χ2v) is 7.03. The number of halogens is 1. The molecule has 0 saturated carbocycles. The fraction of sp³-hybridized carbons (Fsp3) is 0.200. The minimum absolute atomic E-state index is 0.154. The van der Waals surface area contributed by atoms with Crippen molar-refractivity contribution in [2.45, 2.75) is 19.9 Å². The fourth-order valence-electron chi connectivity index (χ4n) is 2.56. The summed E-state index contributed by atoms with van der Waals surface area (Å²) in [5.74, 6) is 0.288. The molecule has 140 valence electrons. The predicted octanol–water partition coefficient (Wildman–Crippen LogP) is 4.83. The predicted molar refractivity (Wildman–Crippen MR) is 105 cm³/mol. The van der Waals surface area contributed by atoms with E-state index in [4.69, 9.17) is 4.74 Å². The third-order valence-corrected chi connectivity index (χ3v) is 5.13. The summed E-state index contributed by atoms with van der Waals surface area (Å²) in [7, 11) is 1.62. The molecule has 3 aromatic rings. The number of carbonyl (C=O) groups excluding carboxylic acids is 1. The average molecular weight is 385 g/mol. The number of hydrogen-bond donors (Lipinski definition) is 2. The van der Waals surface area contributed by atoms with Gasteiger partial charge in [-0.05, 0) is 55.8 Å². The van der Waals surface area contributed by atoms with E-state index in [1.807, 2.05) is 31.2 Å². The Morgan fingerprint density at radius 2 is 1.81 bits per heavy atom. The maximum atomic E-state index is 13.0. The Kier molecular flexibility index (Phi) is 5.71. The van der Waals surface area contributed by atoms with Crippen LogP contribution in [-0.2, 0) is 0 Å². The SMILES string of the molecule is COc1ccc([C@H](C)NC(=O)c2sc(Nc3ccc(F)cc3)nc2C)cc1. The lowest BCUT2D eigenvalue weighted by Gasteiger charge is -2.14. The molecule has 1 heterocycles. The Labute approximate surface area is 161 Å². The minimum atomic E-state index is -0.302. The molecule has 1 atom stereocenters. The van der Waals surface area contributed by atoms with E-state index in [1.165, 1.54) is 23.5 Å². The van der Waals surface area contributed by atoms with Crippen LogP contribution in [0.2, 0.25) is 0 Å². The Morgan fingerprint density at radius 3 is 2.44 bits per heavy atom. The van der Waals surface area contributed by atoms with E-state index < -0.39 is 0 Å². The van der Waals surface area contributed by atoms with Crippen LogP contribution in [0.4, 0.5) is 15.2 Å². The van der Waals surface area contributed by atoms with Crippen LogP contribution in [0.3, 0.4) is 0 Å². The first kappa shape index (κ1) is 18.8. The highest BCUT2D eigenvalue weighted by Crippen LogP contribution is 2.27. The Morgan fingerprint density at radius 1 is 1.15 bits per heavy atom. The number of amides is 1. The number of methoxy groups -OCH3 is 1. The Bertz CT molecular complexity index is 923. The number of aryl methyl sites for hydroxylation is 1. The van der Waals surface area contributed by atoms with Crippen molar-refractivity contribution in [2.75, 3.05) is 12.4 Å². The van der Waals surface area contributed by atoms with Gasteiger partial charge in [0.15, 0.2) is 5.13 Å². The molecule has 3 rings (SSSR count). The van der Waals surface area contributed by atoms with Crippen LogP contribution in [0.5, 0.6) is 5.75 Å². The van der Waals surface area contributed by atoms with E-state index >= 15 is 0 Å². The molecule has 0 aliphatic rings. The van der Waals surface area contributed by atoms with Crippen LogP contribution in [0.1, 0.15) is 33.9 Å². The number of benzene rings is 2. The van der Waals surface area contributed by atoms with Crippen LogP contribution < -0.4 is 15.4 Å². The molecule has 27 heavy (non-hydrogen) atoms. The standard InChI is InChI=1S/C20H20FN3O2S/c1-12(14-4-10-17(26-3)11-5-14)22-19(25)18-13(2)23-20(27-18)24-16-8-6-15(21)7-9-16/h4-12H,1-3H3,(H,22,25)(H,23,24)/t12-/m0/s1. The lowest BCUT2D eigenvalue weighted by atomic mass is 10.1. The zero-order valence-corrected chi connectivity index (χ0v) is 16.1. The number of rotatable bonds is 6. The van der Waals surface area contributed by atoms with Gasteiger partial charge in [0.25, 0.3) is 5.91 Å². The van der Waals surface area contributed by atoms with Crippen LogP contribution in [-0.4, -0.2) is 18.0 Å². The highest BCUT2D eigenvalue weighted by atomic mass is 32.1. The lowest BCUT2D eigenvalue weighted by Crippen LogP contribution is -2.26. The van der Waals surface area contributed by atoms with Gasteiger partial charge in [-0.25, -0.2) is 9.37 Å². The van der Waals surface area contributed by atoms with Crippen molar-refractivity contribution in [3.05, 3.63) is 70.5 Å². The van der Waals surface area contributed by atoms with E-state index in [2.05, 4.69) is 15.6 Å². The third-order valence-electron chi connectivity index (χ3n) is 4.06. The Balaban J connectivity index is 1.68. The van der Waals surface area contributed by atoms with E-state index in [1.54, 1.807) is 26.2 Å². The van der Waals surface area contributed by atoms with Gasteiger partial charge in [-0.3, -0.25) is 4.79 Å². The number of anilines is 2. The summed E-state index contributed by atoms with van der Waals surface area (Å²) in [5.41, 5.74) is 2.34. The number of thiazole rings is 1. The molecule has 0 radical (unpaired) electrons. The Hall–Kier alpha value is -2.93. The van der Waals surface area contributed by atoms with Gasteiger partial charge in [-0.1, -0.05) is 23.5 Å². The van der Waals surface area contributed by atoms with Gasteiger partial charge >= 0.3 is 0 Å². The van der Waals surface area contributed by atoms with Gasteiger partial charge in [0.05, 0.1) is 18.8 Å². The highest BCUT2D eigenvalue weighted by Gasteiger charge is 2.18. The molecular weight excluding hydrogens is 365 g/mol. The molecule has 2 aromatic carbocycles. The molecule has 2 N–H and O–H groups in total. The summed E-state index contributed by atoms with van der Waals surface area (Å²) in [6.07, 6.45) is 0. The van der Waals surface area contributed by atoms with Gasteiger partial charge in [0, 0.05) is 5.69 Å². The molecule has 0 spiro atoms. The normalized spacial score (nSPS) is 11.7. The molecule has 0 unspecified atom stereocenters. The maximum absolute atomic E-state index is 13.0. The minimum Gasteiger partial charge on any atom is -0.497 e. The van der Waals surface area contributed by atoms with Crippen LogP contribution in [0.25, 0.3) is 0 Å². The van der Waals surface area contributed by atoms with Crippen LogP contribution >= 0.6 is 11.3 Å². The van der Waals surface area contributed by atoms with Gasteiger partial charge in [0.2, 0.25) is 0 Å². The summed E-state index contributed by atoms with van der Waals surface area (Å²) >= 11 is 1.26. The average Bonchev–Trinajstić information content (AvgIpc) is 3.04. The maximum Gasteiger partial charge on any atom is 0.263 e. The highest BCUT2D eigenvalue weighted by molar-refractivity contribution is 7.17. The summed E-state index contributed by atoms with van der Waals surface area (Å²) in [6, 6.07) is 13.4. The van der Waals surface area contributed by atoms with E-state index in [9.17, 15) is 9.18 Å². The van der Waals surface area contributed by atoms with Gasteiger partial charge < -0.3 is 15.4 Å². The molecule has 0 saturated heterocycles. The van der Waals surface area contributed by atoms with Crippen molar-refractivity contribution in [2.24, 2.45) is 0 Å². The van der Waals surface area contributed by atoms with Crippen molar-refractivity contribution in [1.82, 2.24) is 10.3 Å². The van der Waals surface area contributed by atoms with E-state index in [-0.39, 0.29) is 17.8 Å². The molecule has 1 aromatic heterocycles. The zero-order chi connectivity index (χ0) is 19.4. The molecule has 7 heteroatoms. The summed E-state index contributed by atoms with van der Waals surface area (Å²) < 4.78 is 18.2. The monoisotopic (exact) mass is 385 g/mol. The second-order valence-electron chi connectivity index (χ2n) is 6.03. The van der Waals surface area contributed by atoms with Crippen LogP contribution in [0.15, 0.2) is 48.5 Å². The first-order chi connectivity index (χ1) is 13.0. The van der Waals surface area contributed by atoms with Gasteiger partial charge in [-0.2, -0.15) is 0 Å². The molecule has 5 nitrogen and oxygen atoms in total.